The molecular formula is C17H26N4O3. The summed E-state index contributed by atoms with van der Waals surface area (Å²) >= 11 is 0. The standard InChI is InChI=1S/C17H26N4O3/c1-11-7-8-12(15(23)21(5)6)9-13(11)18-10-14(22)19-16(24)20-17(2,3)4/h7-9,18H,10H2,1-6H3,(H2,19,20,22,24). The number of aryl methyl sites for hydroxylation is 1. The zero-order chi connectivity index (χ0) is 18.5. The van der Waals surface area contributed by atoms with Gasteiger partial charge in [-0.15, -0.1) is 0 Å². The van der Waals surface area contributed by atoms with Crippen molar-refractivity contribution in [2.75, 3.05) is 26.0 Å². The number of carbonyl (C=O) groups excluding carboxylic acids is 3. The van der Waals surface area contributed by atoms with Crippen LogP contribution in [-0.4, -0.2) is 48.9 Å². The molecule has 0 fully saturated rings. The Balaban J connectivity index is 2.67. The van der Waals surface area contributed by atoms with Crippen molar-refractivity contribution in [3.63, 3.8) is 0 Å². The molecular weight excluding hydrogens is 308 g/mol. The highest BCUT2D eigenvalue weighted by Gasteiger charge is 2.16. The van der Waals surface area contributed by atoms with E-state index in [0.29, 0.717) is 11.3 Å². The molecule has 0 bridgehead atoms. The number of carbonyl (C=O) groups is 3. The number of anilines is 1. The fourth-order valence-corrected chi connectivity index (χ4v) is 1.92. The second kappa shape index (κ2) is 7.81. The van der Waals surface area contributed by atoms with Crippen molar-refractivity contribution in [3.8, 4) is 0 Å². The summed E-state index contributed by atoms with van der Waals surface area (Å²) in [4.78, 5) is 37.0. The quantitative estimate of drug-likeness (QED) is 0.782. The van der Waals surface area contributed by atoms with Crippen LogP contribution in [0, 0.1) is 6.92 Å². The highest BCUT2D eigenvalue weighted by atomic mass is 16.2. The molecule has 0 aliphatic carbocycles. The number of nitrogens with zero attached hydrogens (tertiary/aromatic N) is 1. The van der Waals surface area contributed by atoms with Gasteiger partial charge in [0.05, 0.1) is 6.54 Å². The molecule has 3 N–H and O–H groups in total. The summed E-state index contributed by atoms with van der Waals surface area (Å²) in [7, 11) is 3.35. The van der Waals surface area contributed by atoms with E-state index in [1.54, 1.807) is 26.2 Å². The first-order valence-electron chi connectivity index (χ1n) is 7.68. The van der Waals surface area contributed by atoms with Gasteiger partial charge in [-0.05, 0) is 45.4 Å². The molecule has 0 heterocycles. The zero-order valence-corrected chi connectivity index (χ0v) is 15.1. The van der Waals surface area contributed by atoms with Gasteiger partial charge in [0.2, 0.25) is 5.91 Å². The maximum atomic E-state index is 12.0. The summed E-state index contributed by atoms with van der Waals surface area (Å²) in [6.07, 6.45) is 0. The lowest BCUT2D eigenvalue weighted by Crippen LogP contribution is -2.49. The molecule has 132 valence electrons. The van der Waals surface area contributed by atoms with Crippen LogP contribution in [0.1, 0.15) is 36.7 Å². The molecule has 0 aliphatic heterocycles. The lowest BCUT2D eigenvalue weighted by atomic mass is 10.1. The largest absolute Gasteiger partial charge is 0.376 e. The lowest BCUT2D eigenvalue weighted by Gasteiger charge is -2.20. The molecule has 24 heavy (non-hydrogen) atoms. The van der Waals surface area contributed by atoms with E-state index in [2.05, 4.69) is 16.0 Å². The number of rotatable bonds is 4. The Morgan fingerprint density at radius 1 is 1.12 bits per heavy atom. The maximum absolute atomic E-state index is 12.0. The first-order valence-corrected chi connectivity index (χ1v) is 7.68. The summed E-state index contributed by atoms with van der Waals surface area (Å²) in [6.45, 7) is 7.28. The summed E-state index contributed by atoms with van der Waals surface area (Å²) in [5.41, 5.74) is 1.68. The van der Waals surface area contributed by atoms with E-state index >= 15 is 0 Å². The van der Waals surface area contributed by atoms with E-state index in [-0.39, 0.29) is 12.5 Å². The number of amides is 4. The van der Waals surface area contributed by atoms with Crippen molar-refractivity contribution < 1.29 is 14.4 Å². The number of urea groups is 1. The van der Waals surface area contributed by atoms with Crippen molar-refractivity contribution >= 4 is 23.5 Å². The Kier molecular flexibility index (Phi) is 6.34. The number of nitrogens with one attached hydrogen (secondary N) is 3. The van der Waals surface area contributed by atoms with E-state index < -0.39 is 17.5 Å². The molecule has 0 saturated heterocycles. The van der Waals surface area contributed by atoms with Crippen LogP contribution in [0.15, 0.2) is 18.2 Å². The minimum atomic E-state index is -0.539. The summed E-state index contributed by atoms with van der Waals surface area (Å²) < 4.78 is 0. The first kappa shape index (κ1) is 19.5. The van der Waals surface area contributed by atoms with Gasteiger partial charge in [0.25, 0.3) is 5.91 Å². The van der Waals surface area contributed by atoms with Gasteiger partial charge in [0.15, 0.2) is 0 Å². The molecule has 7 heteroatoms. The summed E-state index contributed by atoms with van der Waals surface area (Å²) in [5, 5.41) is 7.85. The van der Waals surface area contributed by atoms with Crippen LogP contribution < -0.4 is 16.0 Å². The Bertz CT molecular complexity index is 633. The predicted octanol–water partition coefficient (Wildman–Crippen LogP) is 1.73. The molecule has 0 aliphatic rings. The Morgan fingerprint density at radius 2 is 1.75 bits per heavy atom. The number of hydrogen-bond acceptors (Lipinski definition) is 4. The molecule has 0 saturated carbocycles. The SMILES string of the molecule is Cc1ccc(C(=O)N(C)C)cc1NCC(=O)NC(=O)NC(C)(C)C. The van der Waals surface area contributed by atoms with Gasteiger partial charge >= 0.3 is 6.03 Å². The van der Waals surface area contributed by atoms with Gasteiger partial charge in [0, 0.05) is 30.9 Å². The van der Waals surface area contributed by atoms with Crippen molar-refractivity contribution in [3.05, 3.63) is 29.3 Å². The minimum absolute atomic E-state index is 0.0714. The average Bonchev–Trinajstić information content (AvgIpc) is 2.43. The van der Waals surface area contributed by atoms with Crippen LogP contribution in [0.4, 0.5) is 10.5 Å². The monoisotopic (exact) mass is 334 g/mol. The van der Waals surface area contributed by atoms with E-state index in [1.165, 1.54) is 4.90 Å². The second-order valence-corrected chi connectivity index (χ2v) is 6.84. The fourth-order valence-electron chi connectivity index (χ4n) is 1.92. The molecule has 7 nitrogen and oxygen atoms in total. The topological polar surface area (TPSA) is 90.5 Å². The fraction of sp³-hybridized carbons (Fsp3) is 0.471. The maximum Gasteiger partial charge on any atom is 0.321 e. The van der Waals surface area contributed by atoms with Crippen LogP contribution in [0.25, 0.3) is 0 Å². The highest BCUT2D eigenvalue weighted by Crippen LogP contribution is 2.17. The molecule has 0 atom stereocenters. The molecule has 0 aromatic heterocycles. The predicted molar refractivity (Wildman–Crippen MR) is 94.1 cm³/mol. The molecule has 1 rings (SSSR count). The van der Waals surface area contributed by atoms with Crippen LogP contribution in [0.2, 0.25) is 0 Å². The van der Waals surface area contributed by atoms with E-state index in [0.717, 1.165) is 5.56 Å². The van der Waals surface area contributed by atoms with E-state index in [4.69, 9.17) is 0 Å². The lowest BCUT2D eigenvalue weighted by molar-refractivity contribution is -0.118. The minimum Gasteiger partial charge on any atom is -0.376 e. The smallest absolute Gasteiger partial charge is 0.321 e. The molecule has 0 spiro atoms. The van der Waals surface area contributed by atoms with Crippen molar-refractivity contribution in [2.45, 2.75) is 33.2 Å². The van der Waals surface area contributed by atoms with Gasteiger partial charge in [-0.2, -0.15) is 0 Å². The zero-order valence-electron chi connectivity index (χ0n) is 15.1. The Labute approximate surface area is 142 Å². The summed E-state index contributed by atoms with van der Waals surface area (Å²) in [6, 6.07) is 4.70. The average molecular weight is 334 g/mol. The van der Waals surface area contributed by atoms with Crippen LogP contribution >= 0.6 is 0 Å². The second-order valence-electron chi connectivity index (χ2n) is 6.84. The van der Waals surface area contributed by atoms with Gasteiger partial charge in [-0.1, -0.05) is 6.07 Å². The van der Waals surface area contributed by atoms with Crippen LogP contribution in [0.3, 0.4) is 0 Å². The molecule has 4 amide bonds. The highest BCUT2D eigenvalue weighted by molar-refractivity contribution is 5.97. The van der Waals surface area contributed by atoms with Crippen molar-refractivity contribution in [1.29, 1.82) is 0 Å². The van der Waals surface area contributed by atoms with Crippen LogP contribution in [-0.2, 0) is 4.79 Å². The molecule has 0 radical (unpaired) electrons. The molecule has 1 aromatic rings. The third-order valence-corrected chi connectivity index (χ3v) is 3.07. The third kappa shape index (κ3) is 6.28. The first-order chi connectivity index (χ1) is 11.0. The van der Waals surface area contributed by atoms with Gasteiger partial charge < -0.3 is 15.5 Å². The van der Waals surface area contributed by atoms with E-state index in [9.17, 15) is 14.4 Å². The molecule has 1 aromatic carbocycles. The molecule has 0 unspecified atom stereocenters. The van der Waals surface area contributed by atoms with Gasteiger partial charge in [0.1, 0.15) is 0 Å². The number of imide groups is 1. The normalized spacial score (nSPS) is 10.8. The van der Waals surface area contributed by atoms with Crippen molar-refractivity contribution in [1.82, 2.24) is 15.5 Å². The van der Waals surface area contributed by atoms with Crippen molar-refractivity contribution in [2.24, 2.45) is 0 Å². The summed E-state index contributed by atoms with van der Waals surface area (Å²) in [5.74, 6) is -0.576. The van der Waals surface area contributed by atoms with Gasteiger partial charge in [-0.25, -0.2) is 4.79 Å². The Morgan fingerprint density at radius 3 is 2.29 bits per heavy atom. The van der Waals surface area contributed by atoms with Gasteiger partial charge in [-0.3, -0.25) is 14.9 Å². The number of benzene rings is 1. The Hall–Kier alpha value is -2.57. The van der Waals surface area contributed by atoms with Crippen LogP contribution in [0.5, 0.6) is 0 Å². The third-order valence-electron chi connectivity index (χ3n) is 3.07. The van der Waals surface area contributed by atoms with E-state index in [1.807, 2.05) is 33.8 Å². The number of hydrogen-bond donors (Lipinski definition) is 3.